The molecule has 0 radical (unpaired) electrons. The van der Waals surface area contributed by atoms with Crippen LogP contribution in [0, 0.1) is 0 Å². The van der Waals surface area contributed by atoms with Gasteiger partial charge in [-0.1, -0.05) is 103 Å². The van der Waals surface area contributed by atoms with Gasteiger partial charge in [0.15, 0.2) is 0 Å². The van der Waals surface area contributed by atoms with Crippen LogP contribution in [0.3, 0.4) is 0 Å². The fraction of sp³-hybridized carbons (Fsp3) is 0. The van der Waals surface area contributed by atoms with Crippen molar-refractivity contribution in [1.29, 1.82) is 0 Å². The van der Waals surface area contributed by atoms with Gasteiger partial charge in [0.05, 0.1) is 16.6 Å². The molecule has 3 heteroatoms. The minimum Gasteiger partial charge on any atom is -0.316 e. The average molecular weight is 626 g/mol. The van der Waals surface area contributed by atoms with Crippen molar-refractivity contribution in [2.75, 3.05) is 4.90 Å². The SMILES string of the molecule is c1ccc(-n2ccc3ccc4c(c5ccccc5n4-c4ccc(N(c5ccc6ccccc6c5)c5ccc6ccccc6c5)cc4)c32)cc1. The number of rotatable bonds is 5. The summed E-state index contributed by atoms with van der Waals surface area (Å²) < 4.78 is 4.73. The van der Waals surface area contributed by atoms with Crippen LogP contribution in [0.25, 0.3) is 65.6 Å². The standard InChI is InChI=1S/C46H31N3/c1-2-14-37(15-3-1)47-29-28-34-20-27-44-45(46(34)47)42-16-8-9-17-43(42)49(44)39-25-23-38(24-26-39)48(40-21-18-32-10-4-6-12-35(32)30-40)41-22-19-33-11-5-7-13-36(33)31-41/h1-31H. The van der Waals surface area contributed by atoms with Crippen LogP contribution in [-0.2, 0) is 0 Å². The van der Waals surface area contributed by atoms with Crippen molar-refractivity contribution in [3.63, 3.8) is 0 Å². The van der Waals surface area contributed by atoms with Crippen LogP contribution in [0.5, 0.6) is 0 Å². The lowest BCUT2D eigenvalue weighted by atomic mass is 10.1. The highest BCUT2D eigenvalue weighted by molar-refractivity contribution is 6.20. The van der Waals surface area contributed by atoms with E-state index in [1.807, 2.05) is 0 Å². The topological polar surface area (TPSA) is 13.1 Å². The largest absolute Gasteiger partial charge is 0.316 e. The Kier molecular flexibility index (Phi) is 6.18. The fourth-order valence-corrected chi connectivity index (χ4v) is 7.59. The van der Waals surface area contributed by atoms with Crippen LogP contribution in [0.15, 0.2) is 188 Å². The van der Waals surface area contributed by atoms with E-state index in [2.05, 4.69) is 202 Å². The van der Waals surface area contributed by atoms with Gasteiger partial charge >= 0.3 is 0 Å². The summed E-state index contributed by atoms with van der Waals surface area (Å²) in [5, 5.41) is 8.66. The van der Waals surface area contributed by atoms with Crippen molar-refractivity contribution >= 4 is 71.3 Å². The quantitative estimate of drug-likeness (QED) is 0.185. The molecule has 0 N–H and O–H groups in total. The third-order valence-corrected chi connectivity index (χ3v) is 9.87. The third kappa shape index (κ3) is 4.44. The molecule has 10 aromatic rings. The molecule has 0 atom stereocenters. The second kappa shape index (κ2) is 11.0. The Balaban J connectivity index is 1.16. The van der Waals surface area contributed by atoms with Crippen molar-refractivity contribution in [1.82, 2.24) is 9.13 Å². The first-order valence-electron chi connectivity index (χ1n) is 16.8. The highest BCUT2D eigenvalue weighted by atomic mass is 15.1. The molecule has 10 rings (SSSR count). The van der Waals surface area contributed by atoms with Gasteiger partial charge in [0.1, 0.15) is 0 Å². The molecule has 0 spiro atoms. The minimum atomic E-state index is 1.11. The van der Waals surface area contributed by atoms with Crippen LogP contribution in [0.2, 0.25) is 0 Å². The smallest absolute Gasteiger partial charge is 0.0628 e. The maximum absolute atomic E-state index is 2.41. The lowest BCUT2D eigenvalue weighted by Gasteiger charge is -2.26. The summed E-state index contributed by atoms with van der Waals surface area (Å²) >= 11 is 0. The van der Waals surface area contributed by atoms with Crippen molar-refractivity contribution in [3.8, 4) is 11.4 Å². The summed E-state index contributed by atoms with van der Waals surface area (Å²) in [6, 6.07) is 65.8. The van der Waals surface area contributed by atoms with Gasteiger partial charge in [0.2, 0.25) is 0 Å². The zero-order chi connectivity index (χ0) is 32.3. The molecular formula is C46H31N3. The Morgan fingerprint density at radius 2 is 0.939 bits per heavy atom. The van der Waals surface area contributed by atoms with Gasteiger partial charge in [-0.3, -0.25) is 0 Å². The lowest BCUT2D eigenvalue weighted by molar-refractivity contribution is 1.13. The first-order valence-corrected chi connectivity index (χ1v) is 16.8. The molecule has 2 heterocycles. The molecule has 8 aromatic carbocycles. The molecule has 0 aliphatic rings. The molecule has 0 fully saturated rings. The molecule has 0 saturated heterocycles. The number of nitrogens with zero attached hydrogens (tertiary/aromatic N) is 3. The Bertz CT molecular complexity index is 2740. The van der Waals surface area contributed by atoms with Crippen LogP contribution in [-0.4, -0.2) is 9.13 Å². The Morgan fingerprint density at radius 1 is 0.367 bits per heavy atom. The highest BCUT2D eigenvalue weighted by Gasteiger charge is 2.19. The number of fused-ring (bicyclic) bond motifs is 7. The zero-order valence-corrected chi connectivity index (χ0v) is 26.7. The number of benzene rings is 8. The van der Waals surface area contributed by atoms with Gasteiger partial charge in [-0.25, -0.2) is 0 Å². The second-order valence-corrected chi connectivity index (χ2v) is 12.7. The van der Waals surface area contributed by atoms with E-state index < -0.39 is 0 Å². The van der Waals surface area contributed by atoms with E-state index in [0.29, 0.717) is 0 Å². The molecule has 0 amide bonds. The summed E-state index contributed by atoms with van der Waals surface area (Å²) in [4.78, 5) is 2.37. The summed E-state index contributed by atoms with van der Waals surface area (Å²) in [6.45, 7) is 0. The molecule has 3 nitrogen and oxygen atoms in total. The molecule has 0 aliphatic carbocycles. The number of hydrogen-bond donors (Lipinski definition) is 0. The Morgan fingerprint density at radius 3 is 1.63 bits per heavy atom. The second-order valence-electron chi connectivity index (χ2n) is 12.7. The Hall–Kier alpha value is -6.58. The van der Waals surface area contributed by atoms with Crippen molar-refractivity contribution < 1.29 is 0 Å². The molecule has 0 bridgehead atoms. The maximum Gasteiger partial charge on any atom is 0.0628 e. The van der Waals surface area contributed by atoms with Crippen LogP contribution in [0.1, 0.15) is 0 Å². The monoisotopic (exact) mass is 625 g/mol. The first kappa shape index (κ1) is 27.5. The Labute approximate surface area is 284 Å². The van der Waals surface area contributed by atoms with Gasteiger partial charge < -0.3 is 14.0 Å². The predicted octanol–water partition coefficient (Wildman–Crippen LogP) is 12.5. The molecule has 0 saturated carbocycles. The van der Waals surface area contributed by atoms with Crippen LogP contribution < -0.4 is 4.90 Å². The average Bonchev–Trinajstić information content (AvgIpc) is 3.75. The third-order valence-electron chi connectivity index (χ3n) is 9.87. The van der Waals surface area contributed by atoms with Crippen molar-refractivity contribution in [3.05, 3.63) is 188 Å². The maximum atomic E-state index is 2.41. The molecule has 0 unspecified atom stereocenters. The van der Waals surface area contributed by atoms with Crippen molar-refractivity contribution in [2.24, 2.45) is 0 Å². The lowest BCUT2D eigenvalue weighted by Crippen LogP contribution is -2.10. The van der Waals surface area contributed by atoms with E-state index in [0.717, 1.165) is 28.4 Å². The summed E-state index contributed by atoms with van der Waals surface area (Å²) in [6.07, 6.45) is 2.19. The van der Waals surface area contributed by atoms with E-state index in [9.17, 15) is 0 Å². The van der Waals surface area contributed by atoms with Gasteiger partial charge in [-0.2, -0.15) is 0 Å². The van der Waals surface area contributed by atoms with E-state index in [1.165, 1.54) is 54.3 Å². The molecule has 230 valence electrons. The molecule has 0 aliphatic heterocycles. The number of aromatic nitrogens is 2. The van der Waals surface area contributed by atoms with Crippen LogP contribution >= 0.6 is 0 Å². The normalized spacial score (nSPS) is 11.7. The molecule has 49 heavy (non-hydrogen) atoms. The van der Waals surface area contributed by atoms with E-state index >= 15 is 0 Å². The zero-order valence-electron chi connectivity index (χ0n) is 26.7. The van der Waals surface area contributed by atoms with Gasteiger partial charge in [0.25, 0.3) is 0 Å². The highest BCUT2D eigenvalue weighted by Crippen LogP contribution is 2.41. The fourth-order valence-electron chi connectivity index (χ4n) is 7.59. The van der Waals surface area contributed by atoms with Crippen LogP contribution in [0.4, 0.5) is 17.1 Å². The predicted molar refractivity (Wildman–Crippen MR) is 207 cm³/mol. The molecular weight excluding hydrogens is 595 g/mol. The summed E-state index contributed by atoms with van der Waals surface area (Å²) in [5.74, 6) is 0. The number of hydrogen-bond acceptors (Lipinski definition) is 1. The van der Waals surface area contributed by atoms with Gasteiger partial charge in [0, 0.05) is 50.8 Å². The van der Waals surface area contributed by atoms with E-state index in [1.54, 1.807) is 0 Å². The van der Waals surface area contributed by atoms with Crippen molar-refractivity contribution in [2.45, 2.75) is 0 Å². The molecule has 2 aromatic heterocycles. The van der Waals surface area contributed by atoms with E-state index in [-0.39, 0.29) is 0 Å². The van der Waals surface area contributed by atoms with Gasteiger partial charge in [-0.15, -0.1) is 0 Å². The minimum absolute atomic E-state index is 1.11. The number of anilines is 3. The van der Waals surface area contributed by atoms with Gasteiger partial charge in [-0.05, 0) is 100 Å². The van der Waals surface area contributed by atoms with E-state index in [4.69, 9.17) is 0 Å². The summed E-state index contributed by atoms with van der Waals surface area (Å²) in [5.41, 5.74) is 9.27. The number of para-hydroxylation sites is 2. The summed E-state index contributed by atoms with van der Waals surface area (Å²) in [7, 11) is 0. The first-order chi connectivity index (χ1) is 24.3.